The predicted molar refractivity (Wildman–Crippen MR) is 48.1 cm³/mol. The highest BCUT2D eigenvalue weighted by molar-refractivity contribution is 5.86. The molecule has 1 rings (SSSR count). The Balaban J connectivity index is 3.12. The summed E-state index contributed by atoms with van der Waals surface area (Å²) in [7, 11) is 0. The van der Waals surface area contributed by atoms with E-state index in [1.165, 1.54) is 6.07 Å². The topological polar surface area (TPSA) is 98.0 Å². The fraction of sp³-hybridized carbons (Fsp3) is 0. The van der Waals surface area contributed by atoms with Gasteiger partial charge in [0, 0.05) is 11.6 Å². The van der Waals surface area contributed by atoms with Crippen LogP contribution < -0.4 is 0 Å². The summed E-state index contributed by atoms with van der Waals surface area (Å²) in [6.45, 7) is 0. The van der Waals surface area contributed by atoms with E-state index in [-0.39, 0.29) is 5.56 Å². The highest BCUT2D eigenvalue weighted by Gasteiger charge is 2.08. The third-order valence-electron chi connectivity index (χ3n) is 1.57. The molecular weight excluding hydrogens is 188 g/mol. The third kappa shape index (κ3) is 1.95. The van der Waals surface area contributed by atoms with Gasteiger partial charge in [-0.15, -0.1) is 0 Å². The zero-order chi connectivity index (χ0) is 10.7. The average molecular weight is 196 g/mol. The molecule has 4 N–H and O–H groups in total. The van der Waals surface area contributed by atoms with Crippen molar-refractivity contribution in [1.29, 1.82) is 0 Å². The van der Waals surface area contributed by atoms with Gasteiger partial charge in [-0.3, -0.25) is 0 Å². The van der Waals surface area contributed by atoms with Gasteiger partial charge < -0.3 is 20.4 Å². The van der Waals surface area contributed by atoms with Crippen LogP contribution in [0.5, 0.6) is 17.2 Å². The first-order chi connectivity index (χ1) is 6.52. The van der Waals surface area contributed by atoms with Gasteiger partial charge in [-0.25, -0.2) is 4.79 Å². The van der Waals surface area contributed by atoms with Gasteiger partial charge in [0.1, 0.15) is 0 Å². The second-order valence-corrected chi connectivity index (χ2v) is 2.54. The molecule has 0 aromatic heterocycles. The van der Waals surface area contributed by atoms with Crippen LogP contribution in [0.4, 0.5) is 0 Å². The number of carboxylic acid groups (broad SMARTS) is 1. The van der Waals surface area contributed by atoms with Gasteiger partial charge >= 0.3 is 5.97 Å². The van der Waals surface area contributed by atoms with E-state index in [4.69, 9.17) is 15.3 Å². The van der Waals surface area contributed by atoms with E-state index in [1.807, 2.05) is 0 Å². The molecular formula is C9H8O5. The van der Waals surface area contributed by atoms with Crippen molar-refractivity contribution in [2.45, 2.75) is 0 Å². The van der Waals surface area contributed by atoms with Crippen LogP contribution in [0.25, 0.3) is 6.08 Å². The smallest absolute Gasteiger partial charge is 0.328 e. The minimum Gasteiger partial charge on any atom is -0.504 e. The van der Waals surface area contributed by atoms with E-state index in [0.717, 1.165) is 18.2 Å². The SMILES string of the molecule is O=C(O)/C=C\c1ccc(O)c(O)c1O. The quantitative estimate of drug-likeness (QED) is 0.416. The summed E-state index contributed by atoms with van der Waals surface area (Å²) in [6.07, 6.45) is 1.92. The molecule has 5 heteroatoms. The van der Waals surface area contributed by atoms with Crippen molar-refractivity contribution in [1.82, 2.24) is 0 Å². The Morgan fingerprint density at radius 3 is 2.36 bits per heavy atom. The minimum atomic E-state index is -1.17. The lowest BCUT2D eigenvalue weighted by molar-refractivity contribution is -0.131. The molecule has 14 heavy (non-hydrogen) atoms. The molecule has 0 saturated carbocycles. The molecule has 0 radical (unpaired) electrons. The Morgan fingerprint density at radius 1 is 1.14 bits per heavy atom. The monoisotopic (exact) mass is 196 g/mol. The van der Waals surface area contributed by atoms with E-state index in [0.29, 0.717) is 0 Å². The largest absolute Gasteiger partial charge is 0.504 e. The summed E-state index contributed by atoms with van der Waals surface area (Å²) >= 11 is 0. The van der Waals surface area contributed by atoms with Crippen LogP contribution in [-0.2, 0) is 4.79 Å². The van der Waals surface area contributed by atoms with Crippen molar-refractivity contribution in [3.63, 3.8) is 0 Å². The van der Waals surface area contributed by atoms with Gasteiger partial charge in [0.2, 0.25) is 5.75 Å². The fourth-order valence-electron chi connectivity index (χ4n) is 0.880. The van der Waals surface area contributed by atoms with E-state index in [2.05, 4.69) is 0 Å². The molecule has 0 bridgehead atoms. The molecule has 5 nitrogen and oxygen atoms in total. The average Bonchev–Trinajstić information content (AvgIpc) is 2.13. The molecule has 1 aromatic carbocycles. The maximum atomic E-state index is 10.2. The molecule has 0 aliphatic carbocycles. The standard InChI is InChI=1S/C9H8O5/c10-6-3-1-5(2-4-7(11)12)8(13)9(6)14/h1-4,10,13-14H,(H,11,12)/b4-2-. The number of rotatable bonds is 2. The lowest BCUT2D eigenvalue weighted by Gasteiger charge is -2.02. The van der Waals surface area contributed by atoms with E-state index in [1.54, 1.807) is 0 Å². The molecule has 74 valence electrons. The summed E-state index contributed by atoms with van der Waals surface area (Å²) in [5.41, 5.74) is 0.114. The van der Waals surface area contributed by atoms with Crippen LogP contribution in [0.2, 0.25) is 0 Å². The van der Waals surface area contributed by atoms with Crippen LogP contribution in [0.15, 0.2) is 18.2 Å². The number of benzene rings is 1. The summed E-state index contributed by atoms with van der Waals surface area (Å²) in [5.74, 6) is -2.85. The van der Waals surface area contributed by atoms with Crippen molar-refractivity contribution < 1.29 is 25.2 Å². The molecule has 0 heterocycles. The maximum Gasteiger partial charge on any atom is 0.328 e. The molecule has 0 aliphatic heterocycles. The molecule has 0 fully saturated rings. The normalized spacial score (nSPS) is 10.6. The lowest BCUT2D eigenvalue weighted by Crippen LogP contribution is -1.86. The van der Waals surface area contributed by atoms with Crippen LogP contribution in [-0.4, -0.2) is 26.4 Å². The summed E-state index contributed by atoms with van der Waals surface area (Å²) in [4.78, 5) is 10.2. The Kier molecular flexibility index (Phi) is 2.62. The first-order valence-corrected chi connectivity index (χ1v) is 3.67. The van der Waals surface area contributed by atoms with Gasteiger partial charge in [0.15, 0.2) is 11.5 Å². The number of carboxylic acids is 1. The predicted octanol–water partition coefficient (Wildman–Crippen LogP) is 0.901. The van der Waals surface area contributed by atoms with E-state index >= 15 is 0 Å². The van der Waals surface area contributed by atoms with Crippen molar-refractivity contribution in [2.24, 2.45) is 0 Å². The molecule has 0 aliphatic rings. The third-order valence-corrected chi connectivity index (χ3v) is 1.57. The van der Waals surface area contributed by atoms with Crippen LogP contribution in [0.3, 0.4) is 0 Å². The molecule has 0 amide bonds. The Bertz CT molecular complexity index is 394. The number of hydrogen-bond acceptors (Lipinski definition) is 4. The second kappa shape index (κ2) is 3.69. The maximum absolute atomic E-state index is 10.2. The molecule has 0 spiro atoms. The summed E-state index contributed by atoms with van der Waals surface area (Å²) in [6, 6.07) is 2.43. The first kappa shape index (κ1) is 9.91. The van der Waals surface area contributed by atoms with Gasteiger partial charge in [0.25, 0.3) is 0 Å². The van der Waals surface area contributed by atoms with Crippen molar-refractivity contribution in [3.05, 3.63) is 23.8 Å². The van der Waals surface area contributed by atoms with Gasteiger partial charge in [-0.2, -0.15) is 0 Å². The highest BCUT2D eigenvalue weighted by atomic mass is 16.4. The van der Waals surface area contributed by atoms with Crippen molar-refractivity contribution in [2.75, 3.05) is 0 Å². The number of aliphatic carboxylic acids is 1. The highest BCUT2D eigenvalue weighted by Crippen LogP contribution is 2.37. The molecule has 0 saturated heterocycles. The Morgan fingerprint density at radius 2 is 1.79 bits per heavy atom. The van der Waals surface area contributed by atoms with Crippen LogP contribution >= 0.6 is 0 Å². The molecule has 1 aromatic rings. The van der Waals surface area contributed by atoms with Crippen LogP contribution in [0.1, 0.15) is 5.56 Å². The van der Waals surface area contributed by atoms with E-state index in [9.17, 15) is 9.90 Å². The minimum absolute atomic E-state index is 0.114. The number of phenolic OH excluding ortho intramolecular Hbond substituents is 3. The summed E-state index contributed by atoms with van der Waals surface area (Å²) in [5, 5.41) is 35.6. The van der Waals surface area contributed by atoms with Crippen LogP contribution in [0, 0.1) is 0 Å². The number of aromatic hydroxyl groups is 3. The Labute approximate surface area is 79.2 Å². The molecule has 0 atom stereocenters. The number of carbonyl (C=O) groups is 1. The number of phenols is 3. The van der Waals surface area contributed by atoms with Crippen molar-refractivity contribution in [3.8, 4) is 17.2 Å². The van der Waals surface area contributed by atoms with Gasteiger partial charge in [-0.05, 0) is 18.2 Å². The zero-order valence-electron chi connectivity index (χ0n) is 7.01. The summed E-state index contributed by atoms with van der Waals surface area (Å²) < 4.78 is 0. The van der Waals surface area contributed by atoms with Crippen molar-refractivity contribution >= 4 is 12.0 Å². The first-order valence-electron chi connectivity index (χ1n) is 3.67. The van der Waals surface area contributed by atoms with E-state index < -0.39 is 23.2 Å². The number of hydrogen-bond donors (Lipinski definition) is 4. The fourth-order valence-corrected chi connectivity index (χ4v) is 0.880. The lowest BCUT2D eigenvalue weighted by atomic mass is 10.1. The zero-order valence-corrected chi connectivity index (χ0v) is 7.01. The van der Waals surface area contributed by atoms with Gasteiger partial charge in [0.05, 0.1) is 0 Å². The molecule has 0 unspecified atom stereocenters. The van der Waals surface area contributed by atoms with Gasteiger partial charge in [-0.1, -0.05) is 0 Å². The Hall–Kier alpha value is -2.17. The second-order valence-electron chi connectivity index (χ2n) is 2.54.